The van der Waals surface area contributed by atoms with Crippen molar-refractivity contribution in [3.05, 3.63) is 94.3 Å². The summed E-state index contributed by atoms with van der Waals surface area (Å²) in [6.07, 6.45) is 1.24. The van der Waals surface area contributed by atoms with E-state index in [-0.39, 0.29) is 22.5 Å². The van der Waals surface area contributed by atoms with Gasteiger partial charge in [-0.2, -0.15) is 0 Å². The van der Waals surface area contributed by atoms with E-state index in [1.165, 1.54) is 12.3 Å². The maximum Gasteiger partial charge on any atom is 0.343 e. The van der Waals surface area contributed by atoms with Crippen molar-refractivity contribution in [3.8, 4) is 23.0 Å². The first-order valence-corrected chi connectivity index (χ1v) is 9.79. The van der Waals surface area contributed by atoms with Crippen molar-refractivity contribution < 1.29 is 23.4 Å². The van der Waals surface area contributed by atoms with Crippen molar-refractivity contribution in [1.82, 2.24) is 0 Å². The number of para-hydroxylation sites is 2. The number of hydrogen-bond donors (Lipinski definition) is 0. The second-order valence-corrected chi connectivity index (χ2v) is 6.82. The summed E-state index contributed by atoms with van der Waals surface area (Å²) in [7, 11) is 0. The number of ether oxygens (including phenoxy) is 3. The second-order valence-electron chi connectivity index (χ2n) is 6.82. The van der Waals surface area contributed by atoms with Gasteiger partial charge in [0.15, 0.2) is 11.5 Å². The van der Waals surface area contributed by atoms with Gasteiger partial charge in [0.1, 0.15) is 17.6 Å². The van der Waals surface area contributed by atoms with Gasteiger partial charge in [-0.25, -0.2) is 4.79 Å². The van der Waals surface area contributed by atoms with Crippen LogP contribution in [0.3, 0.4) is 0 Å². The lowest BCUT2D eigenvalue weighted by molar-refractivity contribution is 0.0735. The molecule has 156 valence electrons. The van der Waals surface area contributed by atoms with E-state index in [9.17, 15) is 9.59 Å². The Morgan fingerprint density at radius 1 is 0.935 bits per heavy atom. The SMILES string of the molecule is CCOc1ccccc1Oc1coc2cc(OC(=O)c3ccc(C)cc3)ccc2c1=O. The molecule has 0 radical (unpaired) electrons. The Morgan fingerprint density at radius 3 is 2.42 bits per heavy atom. The zero-order valence-electron chi connectivity index (χ0n) is 17.1. The molecule has 3 aromatic carbocycles. The van der Waals surface area contributed by atoms with Crippen LogP contribution < -0.4 is 19.6 Å². The molecule has 0 N–H and O–H groups in total. The summed E-state index contributed by atoms with van der Waals surface area (Å²) in [5.74, 6) is 0.761. The second kappa shape index (κ2) is 8.75. The lowest BCUT2D eigenvalue weighted by atomic mass is 10.1. The fourth-order valence-electron chi connectivity index (χ4n) is 3.01. The van der Waals surface area contributed by atoms with Crippen LogP contribution in [0.1, 0.15) is 22.8 Å². The van der Waals surface area contributed by atoms with Gasteiger partial charge < -0.3 is 18.6 Å². The summed E-state index contributed by atoms with van der Waals surface area (Å²) in [5.41, 5.74) is 1.42. The highest BCUT2D eigenvalue weighted by molar-refractivity contribution is 5.91. The zero-order valence-corrected chi connectivity index (χ0v) is 17.1. The van der Waals surface area contributed by atoms with Crippen molar-refractivity contribution in [2.45, 2.75) is 13.8 Å². The molecule has 1 heterocycles. The average Bonchev–Trinajstić information content (AvgIpc) is 2.77. The molecule has 0 fully saturated rings. The van der Waals surface area contributed by atoms with Gasteiger partial charge in [0, 0.05) is 6.07 Å². The molecule has 6 nitrogen and oxygen atoms in total. The fraction of sp³-hybridized carbons (Fsp3) is 0.120. The van der Waals surface area contributed by atoms with Gasteiger partial charge in [0.25, 0.3) is 0 Å². The van der Waals surface area contributed by atoms with Crippen LogP contribution in [0.15, 0.2) is 82.2 Å². The van der Waals surface area contributed by atoms with E-state index in [4.69, 9.17) is 18.6 Å². The molecule has 0 bridgehead atoms. The van der Waals surface area contributed by atoms with Gasteiger partial charge in [-0.1, -0.05) is 29.8 Å². The molecule has 0 spiro atoms. The molecule has 1 aromatic heterocycles. The van der Waals surface area contributed by atoms with Gasteiger partial charge in [0.2, 0.25) is 11.2 Å². The van der Waals surface area contributed by atoms with Gasteiger partial charge >= 0.3 is 5.97 Å². The summed E-state index contributed by atoms with van der Waals surface area (Å²) < 4.78 is 22.3. The standard InChI is InChI=1S/C25H20O6/c1-3-28-20-6-4-5-7-21(20)31-23-15-29-22-14-18(12-13-19(22)24(23)26)30-25(27)17-10-8-16(2)9-11-17/h4-15H,3H2,1-2H3. The summed E-state index contributed by atoms with van der Waals surface area (Å²) in [6, 6.07) is 18.7. The quantitative estimate of drug-likeness (QED) is 0.305. The average molecular weight is 416 g/mol. The molecule has 0 saturated carbocycles. The molecule has 0 amide bonds. The fourth-order valence-corrected chi connectivity index (χ4v) is 3.01. The first-order chi connectivity index (χ1) is 15.0. The molecule has 4 aromatic rings. The van der Waals surface area contributed by atoms with Crippen molar-refractivity contribution >= 4 is 16.9 Å². The number of aryl methyl sites for hydroxylation is 1. The number of hydrogen-bond acceptors (Lipinski definition) is 6. The Bertz CT molecular complexity index is 1290. The van der Waals surface area contributed by atoms with E-state index < -0.39 is 5.97 Å². The van der Waals surface area contributed by atoms with Crippen LogP contribution in [-0.4, -0.2) is 12.6 Å². The van der Waals surface area contributed by atoms with Gasteiger partial charge in [-0.15, -0.1) is 0 Å². The van der Waals surface area contributed by atoms with Crippen LogP contribution in [0.4, 0.5) is 0 Å². The molecular weight excluding hydrogens is 396 g/mol. The highest BCUT2D eigenvalue weighted by Crippen LogP contribution is 2.31. The van der Waals surface area contributed by atoms with Gasteiger partial charge in [-0.3, -0.25) is 4.79 Å². The lowest BCUT2D eigenvalue weighted by Gasteiger charge is -2.11. The normalized spacial score (nSPS) is 10.6. The smallest absolute Gasteiger partial charge is 0.343 e. The zero-order chi connectivity index (χ0) is 21.8. The van der Waals surface area contributed by atoms with E-state index >= 15 is 0 Å². The topological polar surface area (TPSA) is 75.0 Å². The van der Waals surface area contributed by atoms with Crippen LogP contribution in [0, 0.1) is 6.92 Å². The van der Waals surface area contributed by atoms with E-state index in [0.29, 0.717) is 29.1 Å². The summed E-state index contributed by atoms with van der Waals surface area (Å²) in [4.78, 5) is 25.2. The van der Waals surface area contributed by atoms with Crippen LogP contribution in [0.2, 0.25) is 0 Å². The predicted molar refractivity (Wildman–Crippen MR) is 116 cm³/mol. The molecule has 0 aliphatic carbocycles. The van der Waals surface area contributed by atoms with E-state index in [1.807, 2.05) is 32.0 Å². The highest BCUT2D eigenvalue weighted by Gasteiger charge is 2.14. The first kappa shape index (κ1) is 20.2. The number of fused-ring (bicyclic) bond motifs is 1. The molecule has 0 aliphatic heterocycles. The van der Waals surface area contributed by atoms with E-state index in [1.54, 1.807) is 42.5 Å². The van der Waals surface area contributed by atoms with E-state index in [2.05, 4.69) is 0 Å². The van der Waals surface area contributed by atoms with Crippen LogP contribution in [0.5, 0.6) is 23.0 Å². The van der Waals surface area contributed by atoms with Crippen LogP contribution >= 0.6 is 0 Å². The number of esters is 1. The minimum absolute atomic E-state index is 0.0315. The number of carbonyl (C=O) groups excluding carboxylic acids is 1. The highest BCUT2D eigenvalue weighted by atomic mass is 16.5. The largest absolute Gasteiger partial charge is 0.490 e. The van der Waals surface area contributed by atoms with Gasteiger partial charge in [0.05, 0.1) is 17.6 Å². The Hall–Kier alpha value is -4.06. The van der Waals surface area contributed by atoms with Crippen molar-refractivity contribution in [2.24, 2.45) is 0 Å². The number of carbonyl (C=O) groups is 1. The maximum absolute atomic E-state index is 12.9. The molecule has 6 heteroatoms. The summed E-state index contributed by atoms with van der Waals surface area (Å²) in [5, 5.41) is 0.307. The molecular formula is C25H20O6. The Labute approximate surface area is 178 Å². The Balaban J connectivity index is 1.59. The monoisotopic (exact) mass is 416 g/mol. The minimum atomic E-state index is -0.491. The molecule has 4 rings (SSSR count). The number of rotatable bonds is 6. The maximum atomic E-state index is 12.9. The van der Waals surface area contributed by atoms with E-state index in [0.717, 1.165) is 5.56 Å². The Kier molecular flexibility index (Phi) is 5.71. The van der Waals surface area contributed by atoms with Crippen LogP contribution in [0.25, 0.3) is 11.0 Å². The third-order valence-corrected chi connectivity index (χ3v) is 4.58. The molecule has 0 atom stereocenters. The van der Waals surface area contributed by atoms with Crippen LogP contribution in [-0.2, 0) is 0 Å². The minimum Gasteiger partial charge on any atom is -0.490 e. The van der Waals surface area contributed by atoms with Crippen molar-refractivity contribution in [2.75, 3.05) is 6.61 Å². The molecule has 0 unspecified atom stereocenters. The predicted octanol–water partition coefficient (Wildman–Crippen LogP) is 5.51. The molecule has 31 heavy (non-hydrogen) atoms. The summed E-state index contributed by atoms with van der Waals surface area (Å²) >= 11 is 0. The summed E-state index contributed by atoms with van der Waals surface area (Å²) in [6.45, 7) is 4.27. The molecule has 0 aliphatic rings. The van der Waals surface area contributed by atoms with Crippen molar-refractivity contribution in [3.63, 3.8) is 0 Å². The van der Waals surface area contributed by atoms with Gasteiger partial charge in [-0.05, 0) is 50.2 Å². The lowest BCUT2D eigenvalue weighted by Crippen LogP contribution is -2.09. The first-order valence-electron chi connectivity index (χ1n) is 9.79. The Morgan fingerprint density at radius 2 is 1.68 bits per heavy atom. The third kappa shape index (κ3) is 4.43. The third-order valence-electron chi connectivity index (χ3n) is 4.58. The molecule has 0 saturated heterocycles. The number of benzene rings is 3. The van der Waals surface area contributed by atoms with Crippen molar-refractivity contribution in [1.29, 1.82) is 0 Å².